The summed E-state index contributed by atoms with van der Waals surface area (Å²) in [5.41, 5.74) is 0. The molecule has 0 rings (SSSR count). The fourth-order valence-electron chi connectivity index (χ4n) is 1.72. The Morgan fingerprint density at radius 2 is 1.65 bits per heavy atom. The first-order valence-electron chi connectivity index (χ1n) is 6.31. The summed E-state index contributed by atoms with van der Waals surface area (Å²) in [4.78, 5) is 2.16. The lowest BCUT2D eigenvalue weighted by atomic mass is 9.97. The maximum atomic E-state index is 8.53. The van der Waals surface area contributed by atoms with Crippen LogP contribution in [0.25, 0.3) is 0 Å². The summed E-state index contributed by atoms with van der Waals surface area (Å²) in [6.45, 7) is 12.8. The first-order chi connectivity index (χ1) is 7.90. The van der Waals surface area contributed by atoms with Gasteiger partial charge in [-0.25, -0.2) is 0 Å². The van der Waals surface area contributed by atoms with Crippen molar-refractivity contribution in [3.05, 3.63) is 0 Å². The molecule has 0 aromatic carbocycles. The molecule has 0 heterocycles. The summed E-state index contributed by atoms with van der Waals surface area (Å²) in [7, 11) is -0.372. The van der Waals surface area contributed by atoms with Crippen molar-refractivity contribution in [1.82, 2.24) is 4.81 Å². The van der Waals surface area contributed by atoms with Crippen LogP contribution in [0.15, 0.2) is 0 Å². The van der Waals surface area contributed by atoms with Crippen LogP contribution < -0.4 is 0 Å². The Morgan fingerprint density at radius 1 is 1.12 bits per heavy atom. The van der Waals surface area contributed by atoms with Crippen molar-refractivity contribution < 1.29 is 9.31 Å². The zero-order chi connectivity index (χ0) is 13.4. The summed E-state index contributed by atoms with van der Waals surface area (Å²) in [5.74, 6) is 0. The highest BCUT2D eigenvalue weighted by atomic mass is 16.6. The number of nitriles is 1. The fraction of sp³-hybridized carbons (Fsp3) is 0.917. The Kier molecular flexibility index (Phi) is 8.23. The molecule has 0 unspecified atom stereocenters. The van der Waals surface area contributed by atoms with Crippen LogP contribution in [0.1, 0.15) is 48.0 Å². The van der Waals surface area contributed by atoms with E-state index >= 15 is 0 Å². The first kappa shape index (κ1) is 16.4. The maximum Gasteiger partial charge on any atom is 0.558 e. The van der Waals surface area contributed by atoms with E-state index in [1.54, 1.807) is 0 Å². The van der Waals surface area contributed by atoms with Gasteiger partial charge in [0.1, 0.15) is 0 Å². The molecule has 0 aliphatic carbocycles. The van der Waals surface area contributed by atoms with E-state index in [2.05, 4.69) is 38.6 Å². The van der Waals surface area contributed by atoms with Crippen molar-refractivity contribution in [2.45, 2.75) is 66.2 Å². The van der Waals surface area contributed by atoms with E-state index in [9.17, 15) is 0 Å². The molecule has 17 heavy (non-hydrogen) atoms. The Labute approximate surface area is 106 Å². The SMILES string of the molecule is CC(C)OB(OCCC#N)N(C(C)C)C(C)C. The average Bonchev–Trinajstić information content (AvgIpc) is 2.15. The molecule has 0 saturated carbocycles. The number of hydrogen-bond donors (Lipinski definition) is 0. The van der Waals surface area contributed by atoms with Crippen LogP contribution >= 0.6 is 0 Å². The van der Waals surface area contributed by atoms with Gasteiger partial charge < -0.3 is 9.31 Å². The molecule has 0 saturated heterocycles. The second-order valence-corrected chi connectivity index (χ2v) is 4.91. The van der Waals surface area contributed by atoms with Crippen molar-refractivity contribution in [2.24, 2.45) is 0 Å². The van der Waals surface area contributed by atoms with Gasteiger partial charge in [0.05, 0.1) is 12.5 Å². The van der Waals surface area contributed by atoms with E-state index in [-0.39, 0.29) is 13.4 Å². The van der Waals surface area contributed by atoms with Crippen molar-refractivity contribution in [2.75, 3.05) is 6.61 Å². The number of hydrogen-bond acceptors (Lipinski definition) is 4. The topological polar surface area (TPSA) is 45.5 Å². The standard InChI is InChI=1S/C12H25BN2O2/c1-10(2)15(11(3)4)13(17-12(5)6)16-9-7-8-14/h10-12H,7,9H2,1-6H3. The Balaban J connectivity index is 4.56. The Hall–Kier alpha value is -0.565. The first-order valence-corrected chi connectivity index (χ1v) is 6.31. The largest absolute Gasteiger partial charge is 0.558 e. The van der Waals surface area contributed by atoms with Gasteiger partial charge in [-0.15, -0.1) is 0 Å². The monoisotopic (exact) mass is 240 g/mol. The highest BCUT2D eigenvalue weighted by Crippen LogP contribution is 2.12. The minimum absolute atomic E-state index is 0.0992. The van der Waals surface area contributed by atoms with Crippen LogP contribution in [0.2, 0.25) is 0 Å². The molecular formula is C12H25BN2O2. The van der Waals surface area contributed by atoms with Gasteiger partial charge in [0.2, 0.25) is 0 Å². The number of rotatable bonds is 8. The molecule has 5 heteroatoms. The van der Waals surface area contributed by atoms with E-state index in [4.69, 9.17) is 14.6 Å². The third-order valence-corrected chi connectivity index (χ3v) is 2.30. The van der Waals surface area contributed by atoms with Crippen LogP contribution in [0.4, 0.5) is 0 Å². The lowest BCUT2D eigenvalue weighted by molar-refractivity contribution is 0.0919. The van der Waals surface area contributed by atoms with Crippen LogP contribution in [0.3, 0.4) is 0 Å². The number of nitrogens with zero attached hydrogens (tertiary/aromatic N) is 2. The molecule has 0 fully saturated rings. The molecule has 4 nitrogen and oxygen atoms in total. The van der Waals surface area contributed by atoms with E-state index in [0.29, 0.717) is 25.1 Å². The predicted molar refractivity (Wildman–Crippen MR) is 70.3 cm³/mol. The molecule has 0 amide bonds. The van der Waals surface area contributed by atoms with Gasteiger partial charge in [-0.3, -0.25) is 4.81 Å². The molecule has 0 N–H and O–H groups in total. The normalized spacial score (nSPS) is 11.6. The summed E-state index contributed by atoms with van der Waals surface area (Å²) in [6, 6.07) is 2.74. The quantitative estimate of drug-likeness (QED) is 0.483. The molecule has 0 radical (unpaired) electrons. The second kappa shape index (κ2) is 8.51. The van der Waals surface area contributed by atoms with E-state index in [1.807, 2.05) is 13.8 Å². The molecule has 0 spiro atoms. The molecule has 0 aliphatic heterocycles. The molecule has 0 aromatic rings. The summed E-state index contributed by atoms with van der Waals surface area (Å²) in [5, 5.41) is 8.53. The van der Waals surface area contributed by atoms with Gasteiger partial charge in [-0.1, -0.05) is 27.7 Å². The Bertz CT molecular complexity index is 231. The third kappa shape index (κ3) is 6.67. The second-order valence-electron chi connectivity index (χ2n) is 4.91. The van der Waals surface area contributed by atoms with Gasteiger partial charge >= 0.3 is 7.25 Å². The molecule has 0 bridgehead atoms. The molecular weight excluding hydrogens is 215 g/mol. The highest BCUT2D eigenvalue weighted by molar-refractivity contribution is 6.41. The van der Waals surface area contributed by atoms with Gasteiger partial charge in [0.25, 0.3) is 0 Å². The Morgan fingerprint density at radius 3 is 2.00 bits per heavy atom. The minimum atomic E-state index is -0.372. The lowest BCUT2D eigenvalue weighted by Crippen LogP contribution is -2.52. The molecule has 0 aromatic heterocycles. The van der Waals surface area contributed by atoms with Crippen molar-refractivity contribution in [3.63, 3.8) is 0 Å². The average molecular weight is 240 g/mol. The zero-order valence-electron chi connectivity index (χ0n) is 11.9. The van der Waals surface area contributed by atoms with Crippen LogP contribution in [-0.4, -0.2) is 36.9 Å². The third-order valence-electron chi connectivity index (χ3n) is 2.30. The van der Waals surface area contributed by atoms with Crippen LogP contribution in [-0.2, 0) is 9.31 Å². The lowest BCUT2D eigenvalue weighted by Gasteiger charge is -2.34. The predicted octanol–water partition coefficient (Wildman–Crippen LogP) is 2.45. The molecule has 98 valence electrons. The smallest absolute Gasteiger partial charge is 0.396 e. The highest BCUT2D eigenvalue weighted by Gasteiger charge is 2.33. The van der Waals surface area contributed by atoms with Crippen molar-refractivity contribution in [3.8, 4) is 6.07 Å². The van der Waals surface area contributed by atoms with Crippen molar-refractivity contribution in [1.29, 1.82) is 5.26 Å². The van der Waals surface area contributed by atoms with E-state index < -0.39 is 0 Å². The van der Waals surface area contributed by atoms with Crippen molar-refractivity contribution >= 4 is 7.25 Å². The maximum absolute atomic E-state index is 8.53. The van der Waals surface area contributed by atoms with E-state index in [1.165, 1.54) is 0 Å². The molecule has 0 atom stereocenters. The van der Waals surface area contributed by atoms with Gasteiger partial charge in [0.15, 0.2) is 0 Å². The van der Waals surface area contributed by atoms with E-state index in [0.717, 1.165) is 0 Å². The summed E-state index contributed by atoms with van der Waals surface area (Å²) in [6.07, 6.45) is 0.490. The van der Waals surface area contributed by atoms with Crippen LogP contribution in [0.5, 0.6) is 0 Å². The zero-order valence-corrected chi connectivity index (χ0v) is 11.9. The van der Waals surface area contributed by atoms with Crippen LogP contribution in [0, 0.1) is 11.3 Å². The fourth-order valence-corrected chi connectivity index (χ4v) is 1.72. The molecule has 0 aliphatic rings. The van der Waals surface area contributed by atoms with Gasteiger partial charge in [-0.2, -0.15) is 5.26 Å². The summed E-state index contributed by atoms with van der Waals surface area (Å²) < 4.78 is 11.4. The summed E-state index contributed by atoms with van der Waals surface area (Å²) >= 11 is 0. The van der Waals surface area contributed by atoms with Gasteiger partial charge in [-0.05, 0) is 25.9 Å². The minimum Gasteiger partial charge on any atom is -0.396 e. The van der Waals surface area contributed by atoms with Gasteiger partial charge in [0, 0.05) is 12.7 Å².